The van der Waals surface area contributed by atoms with E-state index in [-0.39, 0.29) is 14.6 Å². The van der Waals surface area contributed by atoms with Crippen molar-refractivity contribution in [1.82, 2.24) is 4.98 Å². The van der Waals surface area contributed by atoms with Gasteiger partial charge in [-0.25, -0.2) is 4.98 Å². The Morgan fingerprint density at radius 2 is 2.25 bits per heavy atom. The van der Waals surface area contributed by atoms with Gasteiger partial charge in [0.15, 0.2) is 5.13 Å². The molecule has 2 nitrogen and oxygen atoms in total. The first-order valence-electron chi connectivity index (χ1n) is 8.04. The molecule has 0 radical (unpaired) electrons. The van der Waals surface area contributed by atoms with Gasteiger partial charge in [0.25, 0.3) is 0 Å². The standard InChI is InChI=1S/C8H11BrN2S/c9-7-6-12-8(10-7)11-4-2-1-3-5-11/h6H,1-5H2/i1D2,2D2,3D2,4D2,5D2. The fraction of sp³-hybridized carbons (Fsp3) is 0.625. The number of halogens is 1. The van der Waals surface area contributed by atoms with Crippen LogP contribution in [-0.2, 0) is 0 Å². The first-order chi connectivity index (χ1) is 9.62. The summed E-state index contributed by atoms with van der Waals surface area (Å²) in [5.41, 5.74) is 0. The van der Waals surface area contributed by atoms with E-state index in [0.717, 1.165) is 11.3 Å². The summed E-state index contributed by atoms with van der Waals surface area (Å²) in [4.78, 5) is 4.08. The minimum atomic E-state index is -3.40. The fourth-order valence-electron chi connectivity index (χ4n) is 0.671. The SMILES string of the molecule is [2H]C1([2H])N(c2nc(Br)cs2)C([2H])([2H])C([2H])([2H])C([2H])([2H])C1([2H])[2H]. The van der Waals surface area contributed by atoms with Crippen LogP contribution in [0.4, 0.5) is 5.13 Å². The topological polar surface area (TPSA) is 16.1 Å². The maximum Gasteiger partial charge on any atom is 0.186 e. The Morgan fingerprint density at radius 1 is 1.50 bits per heavy atom. The van der Waals surface area contributed by atoms with Crippen LogP contribution < -0.4 is 4.90 Å². The van der Waals surface area contributed by atoms with E-state index < -0.39 is 32.1 Å². The van der Waals surface area contributed by atoms with Crippen molar-refractivity contribution in [2.24, 2.45) is 0 Å². The van der Waals surface area contributed by atoms with Gasteiger partial charge in [0.05, 0.1) is 0 Å². The van der Waals surface area contributed by atoms with E-state index in [0.29, 0.717) is 0 Å². The van der Waals surface area contributed by atoms with E-state index in [1.807, 2.05) is 0 Å². The summed E-state index contributed by atoms with van der Waals surface area (Å²) in [6.45, 7) is -6.33. The minimum Gasteiger partial charge on any atom is -0.348 e. The Bertz CT molecular complexity index is 570. The van der Waals surface area contributed by atoms with Crippen LogP contribution in [0.25, 0.3) is 0 Å². The number of hydrogen-bond acceptors (Lipinski definition) is 3. The Balaban J connectivity index is 2.77. The fourth-order valence-corrected chi connectivity index (χ4v) is 1.84. The van der Waals surface area contributed by atoms with Crippen molar-refractivity contribution in [3.8, 4) is 0 Å². The van der Waals surface area contributed by atoms with Crippen LogP contribution in [0, 0.1) is 0 Å². The summed E-state index contributed by atoms with van der Waals surface area (Å²) in [5, 5.41) is 1.13. The monoisotopic (exact) mass is 256 g/mol. The molecule has 1 aromatic heterocycles. The molecule has 66 valence electrons. The van der Waals surface area contributed by atoms with Crippen molar-refractivity contribution in [3.05, 3.63) is 9.98 Å². The second kappa shape index (κ2) is 3.75. The highest BCUT2D eigenvalue weighted by molar-refractivity contribution is 9.10. The van der Waals surface area contributed by atoms with Crippen LogP contribution in [-0.4, -0.2) is 18.0 Å². The van der Waals surface area contributed by atoms with Crippen molar-refractivity contribution in [3.63, 3.8) is 0 Å². The third kappa shape index (κ3) is 1.80. The summed E-state index contributed by atoms with van der Waals surface area (Å²) in [6.07, 6.45) is -10.1. The van der Waals surface area contributed by atoms with Crippen LogP contribution in [0.5, 0.6) is 0 Å². The molecule has 1 fully saturated rings. The van der Waals surface area contributed by atoms with E-state index in [9.17, 15) is 0 Å². The maximum atomic E-state index is 7.94. The van der Waals surface area contributed by atoms with Crippen LogP contribution in [0.2, 0.25) is 0 Å². The highest BCUT2D eigenvalue weighted by Crippen LogP contribution is 2.25. The summed E-state index contributed by atoms with van der Waals surface area (Å²) in [7, 11) is 0. The van der Waals surface area contributed by atoms with Crippen LogP contribution in [0.3, 0.4) is 0 Å². The predicted octanol–water partition coefficient (Wildman–Crippen LogP) is 2.90. The smallest absolute Gasteiger partial charge is 0.186 e. The third-order valence-electron chi connectivity index (χ3n) is 1.12. The number of piperidine rings is 1. The molecule has 12 heavy (non-hydrogen) atoms. The zero-order valence-electron chi connectivity index (χ0n) is 15.8. The molecule has 2 rings (SSSR count). The van der Waals surface area contributed by atoms with Gasteiger partial charge >= 0.3 is 0 Å². The summed E-state index contributed by atoms with van der Waals surface area (Å²) in [5.74, 6) is 0. The zero-order chi connectivity index (χ0) is 17.4. The molecule has 0 bridgehead atoms. The van der Waals surface area contributed by atoms with Gasteiger partial charge in [-0.3, -0.25) is 0 Å². The van der Waals surface area contributed by atoms with Gasteiger partial charge in [0, 0.05) is 32.1 Å². The number of nitrogens with zero attached hydrogens (tertiary/aromatic N) is 2. The second-order valence-corrected chi connectivity index (χ2v) is 3.54. The third-order valence-corrected chi connectivity index (χ3v) is 2.65. The van der Waals surface area contributed by atoms with Gasteiger partial charge in [-0.15, -0.1) is 11.3 Å². The summed E-state index contributed by atoms with van der Waals surface area (Å²) in [6, 6.07) is 0. The van der Waals surface area contributed by atoms with Gasteiger partial charge in [0.1, 0.15) is 4.60 Å². The van der Waals surface area contributed by atoms with E-state index in [4.69, 9.17) is 13.7 Å². The molecule has 0 aliphatic carbocycles. The van der Waals surface area contributed by atoms with Crippen molar-refractivity contribution in [2.75, 3.05) is 17.9 Å². The van der Waals surface area contributed by atoms with Crippen LogP contribution in [0.1, 0.15) is 32.8 Å². The van der Waals surface area contributed by atoms with Crippen molar-refractivity contribution in [2.45, 2.75) is 19.1 Å². The second-order valence-electron chi connectivity index (χ2n) is 1.89. The minimum absolute atomic E-state index is 0.247. The lowest BCUT2D eigenvalue weighted by atomic mass is 10.1. The molecule has 1 aromatic rings. The van der Waals surface area contributed by atoms with E-state index in [1.54, 1.807) is 0 Å². The largest absolute Gasteiger partial charge is 0.348 e. The zero-order valence-corrected chi connectivity index (χ0v) is 8.16. The first kappa shape index (κ1) is 2.70. The lowest BCUT2D eigenvalue weighted by molar-refractivity contribution is 0.577. The van der Waals surface area contributed by atoms with Crippen molar-refractivity contribution in [1.29, 1.82) is 0 Å². The van der Waals surface area contributed by atoms with E-state index in [2.05, 4.69) is 20.9 Å². The molecule has 0 amide bonds. The molecule has 1 aliphatic heterocycles. The summed E-state index contributed by atoms with van der Waals surface area (Å²) < 4.78 is 78.5. The first-order valence-corrected chi connectivity index (χ1v) is 4.71. The van der Waals surface area contributed by atoms with Gasteiger partial charge in [-0.1, -0.05) is 0 Å². The molecule has 2 heterocycles. The number of thiazole rings is 1. The normalized spacial score (nSPS) is 51.6. The van der Waals surface area contributed by atoms with Crippen molar-refractivity contribution >= 4 is 32.4 Å². The number of anilines is 1. The Labute approximate surface area is 98.8 Å². The average Bonchev–Trinajstić information content (AvgIpc) is 2.72. The Hall–Kier alpha value is -0.0900. The average molecular weight is 257 g/mol. The lowest BCUT2D eigenvalue weighted by Crippen LogP contribution is -2.29. The van der Waals surface area contributed by atoms with E-state index >= 15 is 0 Å². The maximum absolute atomic E-state index is 7.94. The number of rotatable bonds is 1. The number of aromatic nitrogens is 1. The van der Waals surface area contributed by atoms with Gasteiger partial charge < -0.3 is 4.90 Å². The quantitative estimate of drug-likeness (QED) is 0.769. The van der Waals surface area contributed by atoms with Crippen molar-refractivity contribution < 1.29 is 13.7 Å². The molecule has 0 unspecified atom stereocenters. The molecule has 0 spiro atoms. The Kier molecular flexibility index (Phi) is 0.843. The highest BCUT2D eigenvalue weighted by atomic mass is 79.9. The molecule has 0 N–H and O–H groups in total. The lowest BCUT2D eigenvalue weighted by Gasteiger charge is -2.25. The molecular formula is C8H11BrN2S. The van der Waals surface area contributed by atoms with Gasteiger partial charge in [-0.2, -0.15) is 0 Å². The highest BCUT2D eigenvalue weighted by Gasteiger charge is 2.13. The molecule has 1 aliphatic rings. The molecule has 0 atom stereocenters. The van der Waals surface area contributed by atoms with Crippen LogP contribution >= 0.6 is 27.3 Å². The molecule has 0 saturated carbocycles. The predicted molar refractivity (Wildman–Crippen MR) is 55.9 cm³/mol. The van der Waals surface area contributed by atoms with E-state index in [1.165, 1.54) is 5.38 Å². The van der Waals surface area contributed by atoms with Crippen LogP contribution in [0.15, 0.2) is 9.98 Å². The molecule has 0 aromatic carbocycles. The Morgan fingerprint density at radius 3 is 2.83 bits per heavy atom. The summed E-state index contributed by atoms with van der Waals surface area (Å²) >= 11 is 3.81. The molecule has 4 heteroatoms. The van der Waals surface area contributed by atoms with Gasteiger partial charge in [0.2, 0.25) is 0 Å². The van der Waals surface area contributed by atoms with Gasteiger partial charge in [-0.05, 0) is 35.0 Å². The number of hydrogen-bond donors (Lipinski definition) is 0. The molecular weight excluding hydrogens is 236 g/mol. The molecule has 1 saturated heterocycles.